The van der Waals surface area contributed by atoms with Crippen molar-refractivity contribution in [3.8, 4) is 0 Å². The number of hydrogen-bond acceptors (Lipinski definition) is 2. The third-order valence-corrected chi connectivity index (χ3v) is 4.53. The zero-order valence-corrected chi connectivity index (χ0v) is 13.7. The molecule has 1 aliphatic rings. The summed E-state index contributed by atoms with van der Waals surface area (Å²) in [6.45, 7) is 8.87. The van der Waals surface area contributed by atoms with Gasteiger partial charge in [0.2, 0.25) is 0 Å². The van der Waals surface area contributed by atoms with Crippen LogP contribution in [-0.2, 0) is 0 Å². The van der Waals surface area contributed by atoms with Gasteiger partial charge in [0.05, 0.1) is 11.0 Å². The molecule has 0 saturated carbocycles. The van der Waals surface area contributed by atoms with Gasteiger partial charge in [-0.05, 0) is 57.3 Å². The van der Waals surface area contributed by atoms with Gasteiger partial charge in [0.1, 0.15) is 0 Å². The summed E-state index contributed by atoms with van der Waals surface area (Å²) < 4.78 is 0. The highest BCUT2D eigenvalue weighted by Crippen LogP contribution is 2.23. The molecule has 1 saturated heterocycles. The van der Waals surface area contributed by atoms with Crippen LogP contribution in [0.15, 0.2) is 18.2 Å². The van der Waals surface area contributed by atoms with E-state index < -0.39 is 0 Å². The molecule has 1 aromatic carbocycles. The van der Waals surface area contributed by atoms with Crippen LogP contribution >= 0.6 is 12.2 Å². The van der Waals surface area contributed by atoms with E-state index >= 15 is 0 Å². The van der Waals surface area contributed by atoms with Crippen molar-refractivity contribution < 1.29 is 0 Å². The molecule has 1 heterocycles. The monoisotopic (exact) mass is 290 g/mol. The van der Waals surface area contributed by atoms with Gasteiger partial charge in [-0.15, -0.1) is 0 Å². The maximum Gasteiger partial charge on any atom is 0.0972 e. The Morgan fingerprint density at radius 2 is 2.00 bits per heavy atom. The molecular formula is C17H26N2S. The Labute approximate surface area is 128 Å². The molecule has 2 nitrogen and oxygen atoms in total. The van der Waals surface area contributed by atoms with E-state index in [1.54, 1.807) is 0 Å². The predicted octanol–water partition coefficient (Wildman–Crippen LogP) is 4.31. The average Bonchev–Trinajstić information content (AvgIpc) is 2.44. The smallest absolute Gasteiger partial charge is 0.0972 e. The Morgan fingerprint density at radius 1 is 1.30 bits per heavy atom. The van der Waals surface area contributed by atoms with E-state index in [0.717, 1.165) is 11.5 Å². The molecule has 0 spiro atoms. The summed E-state index contributed by atoms with van der Waals surface area (Å²) in [5.74, 6) is 0. The van der Waals surface area contributed by atoms with Crippen molar-refractivity contribution in [3.05, 3.63) is 29.3 Å². The van der Waals surface area contributed by atoms with Crippen LogP contribution < -0.4 is 5.32 Å². The Kier molecular flexibility index (Phi) is 5.55. The van der Waals surface area contributed by atoms with E-state index in [-0.39, 0.29) is 0 Å². The van der Waals surface area contributed by atoms with Crippen LogP contribution in [0.1, 0.15) is 43.7 Å². The van der Waals surface area contributed by atoms with E-state index in [2.05, 4.69) is 49.2 Å². The summed E-state index contributed by atoms with van der Waals surface area (Å²) in [4.78, 5) is 3.54. The predicted molar refractivity (Wildman–Crippen MR) is 91.6 cm³/mol. The normalized spacial score (nSPS) is 19.9. The largest absolute Gasteiger partial charge is 0.348 e. The van der Waals surface area contributed by atoms with Gasteiger partial charge in [0.15, 0.2) is 0 Å². The number of likely N-dealkylation sites (tertiary alicyclic amines) is 1. The third kappa shape index (κ3) is 3.58. The number of anilines is 1. The lowest BCUT2D eigenvalue weighted by Crippen LogP contribution is -2.46. The molecule has 0 radical (unpaired) electrons. The highest BCUT2D eigenvalue weighted by atomic mass is 32.1. The van der Waals surface area contributed by atoms with Gasteiger partial charge in [0.25, 0.3) is 0 Å². The molecule has 0 bridgehead atoms. The lowest BCUT2D eigenvalue weighted by Gasteiger charge is -2.36. The molecule has 0 aromatic heterocycles. The van der Waals surface area contributed by atoms with Gasteiger partial charge in [-0.25, -0.2) is 0 Å². The second kappa shape index (κ2) is 7.19. The van der Waals surface area contributed by atoms with E-state index in [1.165, 1.54) is 49.0 Å². The highest BCUT2D eigenvalue weighted by Gasteiger charge is 2.25. The Hall–Kier alpha value is -0.930. The second-order valence-corrected chi connectivity index (χ2v) is 6.24. The van der Waals surface area contributed by atoms with Crippen LogP contribution in [0.25, 0.3) is 0 Å². The Morgan fingerprint density at radius 3 is 2.65 bits per heavy atom. The average molecular weight is 290 g/mol. The molecule has 1 N–H and O–H groups in total. The quantitative estimate of drug-likeness (QED) is 0.832. The van der Waals surface area contributed by atoms with E-state index in [0.29, 0.717) is 6.04 Å². The van der Waals surface area contributed by atoms with Crippen LogP contribution in [0.4, 0.5) is 5.69 Å². The van der Waals surface area contributed by atoms with Crippen LogP contribution in [-0.4, -0.2) is 29.0 Å². The minimum atomic E-state index is 0.415. The van der Waals surface area contributed by atoms with Crippen molar-refractivity contribution >= 4 is 22.9 Å². The number of hydrogen-bond donors (Lipinski definition) is 1. The molecular weight excluding hydrogens is 264 g/mol. The van der Waals surface area contributed by atoms with Crippen molar-refractivity contribution in [2.45, 2.75) is 52.5 Å². The zero-order chi connectivity index (χ0) is 14.5. The Bertz CT molecular complexity index is 448. The van der Waals surface area contributed by atoms with Gasteiger partial charge in [-0.1, -0.05) is 43.8 Å². The van der Waals surface area contributed by atoms with E-state index in [4.69, 9.17) is 12.2 Å². The molecule has 1 atom stereocenters. The fourth-order valence-corrected chi connectivity index (χ4v) is 3.43. The number of aryl methyl sites for hydroxylation is 2. The van der Waals surface area contributed by atoms with Gasteiger partial charge in [-0.3, -0.25) is 4.90 Å². The van der Waals surface area contributed by atoms with Crippen LogP contribution in [0.3, 0.4) is 0 Å². The standard InChI is InChI=1S/C17H26N2S/c1-4-11-19-12-6-5-10-15(19)17(20)18-16-13(2)8-7-9-14(16)3/h7-9,15H,4-6,10-12H2,1-3H3,(H,18,20). The number of para-hydroxylation sites is 1. The molecule has 20 heavy (non-hydrogen) atoms. The van der Waals surface area contributed by atoms with Gasteiger partial charge in [-0.2, -0.15) is 0 Å². The van der Waals surface area contributed by atoms with E-state index in [1.807, 2.05) is 0 Å². The van der Waals surface area contributed by atoms with Gasteiger partial charge in [0, 0.05) is 5.69 Å². The molecule has 0 aliphatic carbocycles. The number of benzene rings is 1. The van der Waals surface area contributed by atoms with Crippen molar-refractivity contribution in [2.75, 3.05) is 18.4 Å². The van der Waals surface area contributed by atoms with Gasteiger partial charge < -0.3 is 5.32 Å². The Balaban J connectivity index is 2.10. The molecule has 1 unspecified atom stereocenters. The maximum absolute atomic E-state index is 5.71. The number of thiocarbonyl (C=S) groups is 1. The summed E-state index contributed by atoms with van der Waals surface area (Å²) in [7, 11) is 0. The first-order chi connectivity index (χ1) is 9.63. The fraction of sp³-hybridized carbons (Fsp3) is 0.588. The molecule has 1 aromatic rings. The maximum atomic E-state index is 5.71. The van der Waals surface area contributed by atoms with Crippen molar-refractivity contribution in [1.82, 2.24) is 4.90 Å². The lowest BCUT2D eigenvalue weighted by atomic mass is 10.0. The molecule has 110 valence electrons. The van der Waals surface area contributed by atoms with Crippen LogP contribution in [0, 0.1) is 13.8 Å². The van der Waals surface area contributed by atoms with Crippen LogP contribution in [0.2, 0.25) is 0 Å². The minimum absolute atomic E-state index is 0.415. The summed E-state index contributed by atoms with van der Waals surface area (Å²) in [5.41, 5.74) is 3.73. The second-order valence-electron chi connectivity index (χ2n) is 5.80. The summed E-state index contributed by atoms with van der Waals surface area (Å²) in [5, 5.41) is 3.53. The first kappa shape index (κ1) is 15.5. The summed E-state index contributed by atoms with van der Waals surface area (Å²) >= 11 is 5.71. The third-order valence-electron chi connectivity index (χ3n) is 4.16. The van der Waals surface area contributed by atoms with Gasteiger partial charge >= 0.3 is 0 Å². The van der Waals surface area contributed by atoms with Crippen molar-refractivity contribution in [2.24, 2.45) is 0 Å². The highest BCUT2D eigenvalue weighted by molar-refractivity contribution is 7.80. The molecule has 3 heteroatoms. The zero-order valence-electron chi connectivity index (χ0n) is 12.9. The van der Waals surface area contributed by atoms with Crippen molar-refractivity contribution in [1.29, 1.82) is 0 Å². The summed E-state index contributed by atoms with van der Waals surface area (Å²) in [6, 6.07) is 6.80. The SMILES string of the molecule is CCCN1CCCCC1C(=S)Nc1c(C)cccc1C. The number of nitrogens with one attached hydrogen (secondary N) is 1. The molecule has 0 amide bonds. The summed E-state index contributed by atoms with van der Waals surface area (Å²) in [6.07, 6.45) is 4.99. The fourth-order valence-electron chi connectivity index (χ4n) is 3.06. The molecule has 2 rings (SSSR count). The topological polar surface area (TPSA) is 15.3 Å². The van der Waals surface area contributed by atoms with Crippen molar-refractivity contribution in [3.63, 3.8) is 0 Å². The first-order valence-electron chi connectivity index (χ1n) is 7.74. The van der Waals surface area contributed by atoms with E-state index in [9.17, 15) is 0 Å². The number of nitrogens with zero attached hydrogens (tertiary/aromatic N) is 1. The first-order valence-corrected chi connectivity index (χ1v) is 8.15. The minimum Gasteiger partial charge on any atom is -0.348 e. The number of piperidine rings is 1. The lowest BCUT2D eigenvalue weighted by molar-refractivity contribution is 0.194. The number of rotatable bonds is 4. The molecule has 1 aliphatic heterocycles. The van der Waals surface area contributed by atoms with Crippen LogP contribution in [0.5, 0.6) is 0 Å². The molecule has 1 fully saturated rings.